The lowest BCUT2D eigenvalue weighted by Gasteiger charge is -2.68. The van der Waals surface area contributed by atoms with Crippen LogP contribution in [-0.4, -0.2) is 24.1 Å². The fourth-order valence-corrected chi connectivity index (χ4v) is 8.58. The van der Waals surface area contributed by atoms with Gasteiger partial charge in [-0.05, 0) is 67.1 Å². The van der Waals surface area contributed by atoms with Crippen LogP contribution in [0.4, 0.5) is 0 Å². The summed E-state index contributed by atoms with van der Waals surface area (Å²) in [6, 6.07) is 0. The molecule has 4 nitrogen and oxygen atoms in total. The molecule has 158 valence electrons. The third-order valence-electron chi connectivity index (χ3n) is 9.73. The van der Waals surface area contributed by atoms with E-state index < -0.39 is 0 Å². The summed E-state index contributed by atoms with van der Waals surface area (Å²) >= 11 is 0. The number of esters is 2. The van der Waals surface area contributed by atoms with Crippen LogP contribution in [0, 0.1) is 33.5 Å². The molecule has 4 fully saturated rings. The van der Waals surface area contributed by atoms with E-state index in [0.717, 1.165) is 25.7 Å². The Morgan fingerprint density at radius 1 is 0.857 bits per heavy atom. The number of fused-ring (bicyclic) bond motifs is 2. The van der Waals surface area contributed by atoms with Crippen LogP contribution in [-0.2, 0) is 19.1 Å². The van der Waals surface area contributed by atoms with Crippen LogP contribution in [0.1, 0.15) is 92.9 Å². The Bertz CT molecular complexity index is 684. The highest BCUT2D eigenvalue weighted by molar-refractivity contribution is 5.66. The summed E-state index contributed by atoms with van der Waals surface area (Å²) in [4.78, 5) is 23.8. The van der Waals surface area contributed by atoms with Gasteiger partial charge in [0.2, 0.25) is 0 Å². The monoisotopic (exact) mass is 390 g/mol. The van der Waals surface area contributed by atoms with Crippen molar-refractivity contribution in [2.75, 3.05) is 0 Å². The van der Waals surface area contributed by atoms with Gasteiger partial charge in [-0.25, -0.2) is 0 Å². The van der Waals surface area contributed by atoms with Crippen molar-refractivity contribution in [1.82, 2.24) is 0 Å². The van der Waals surface area contributed by atoms with Gasteiger partial charge in [-0.1, -0.05) is 34.1 Å². The molecule has 0 unspecified atom stereocenters. The molecule has 0 aromatic carbocycles. The minimum Gasteiger partial charge on any atom is -0.462 e. The van der Waals surface area contributed by atoms with Crippen LogP contribution >= 0.6 is 0 Å². The second kappa shape index (κ2) is 6.22. The van der Waals surface area contributed by atoms with Gasteiger partial charge < -0.3 is 9.47 Å². The Balaban J connectivity index is 1.79. The molecule has 4 aliphatic carbocycles. The highest BCUT2D eigenvalue weighted by Gasteiger charge is 2.72. The Morgan fingerprint density at radius 3 is 2.18 bits per heavy atom. The van der Waals surface area contributed by atoms with Gasteiger partial charge in [-0.2, -0.15) is 0 Å². The van der Waals surface area contributed by atoms with Crippen molar-refractivity contribution in [2.24, 2.45) is 33.5 Å². The predicted octanol–water partition coefficient (Wildman–Crippen LogP) is 5.28. The maximum Gasteiger partial charge on any atom is 0.302 e. The van der Waals surface area contributed by atoms with Gasteiger partial charge in [0.15, 0.2) is 0 Å². The number of hydrogen-bond acceptors (Lipinski definition) is 4. The molecule has 4 heteroatoms. The highest BCUT2D eigenvalue weighted by atomic mass is 16.5. The standard InChI is InChI=1S/C24H38O4/c1-15(25)27-18-13-19-21(3,4)8-7-9-23(19,6)24-11-10-22(5,14-24)20(12-17(18)24)28-16(2)26/h17-20H,7-14H2,1-6H3/t17-,18+,19+,20-,22+,23+,24+/m1/s1. The van der Waals surface area contributed by atoms with Crippen molar-refractivity contribution in [3.63, 3.8) is 0 Å². The molecule has 28 heavy (non-hydrogen) atoms. The normalized spacial score (nSPS) is 48.9. The molecule has 2 bridgehead atoms. The molecule has 1 spiro atoms. The molecule has 0 heterocycles. The van der Waals surface area contributed by atoms with E-state index >= 15 is 0 Å². The zero-order valence-corrected chi connectivity index (χ0v) is 18.6. The average molecular weight is 391 g/mol. The molecule has 0 aromatic heterocycles. The summed E-state index contributed by atoms with van der Waals surface area (Å²) in [5.74, 6) is 0.509. The fraction of sp³-hybridized carbons (Fsp3) is 0.917. The third kappa shape index (κ3) is 2.69. The second-order valence-electron chi connectivity index (χ2n) is 11.6. The number of hydrogen-bond donors (Lipinski definition) is 0. The molecule has 0 aliphatic heterocycles. The van der Waals surface area contributed by atoms with Crippen molar-refractivity contribution in [3.8, 4) is 0 Å². The molecule has 0 saturated heterocycles. The lowest BCUT2D eigenvalue weighted by molar-refractivity contribution is -0.234. The number of rotatable bonds is 2. The molecule has 0 N–H and O–H groups in total. The van der Waals surface area contributed by atoms with Gasteiger partial charge in [0, 0.05) is 25.2 Å². The summed E-state index contributed by atoms with van der Waals surface area (Å²) in [5, 5.41) is 0. The first-order valence-corrected chi connectivity index (χ1v) is 11.3. The predicted molar refractivity (Wildman–Crippen MR) is 107 cm³/mol. The van der Waals surface area contributed by atoms with E-state index in [1.165, 1.54) is 39.5 Å². The van der Waals surface area contributed by atoms with Crippen molar-refractivity contribution < 1.29 is 19.1 Å². The Morgan fingerprint density at radius 2 is 1.54 bits per heavy atom. The van der Waals surface area contributed by atoms with Crippen molar-refractivity contribution in [1.29, 1.82) is 0 Å². The van der Waals surface area contributed by atoms with E-state index in [-0.39, 0.29) is 45.8 Å². The van der Waals surface area contributed by atoms with Crippen LogP contribution < -0.4 is 0 Å². The van der Waals surface area contributed by atoms with E-state index in [4.69, 9.17) is 9.47 Å². The lowest BCUT2D eigenvalue weighted by Crippen LogP contribution is -2.64. The topological polar surface area (TPSA) is 52.6 Å². The van der Waals surface area contributed by atoms with Crippen molar-refractivity contribution in [3.05, 3.63) is 0 Å². The molecule has 4 saturated carbocycles. The van der Waals surface area contributed by atoms with E-state index in [1.54, 1.807) is 0 Å². The summed E-state index contributed by atoms with van der Waals surface area (Å²) in [7, 11) is 0. The Kier molecular flexibility index (Phi) is 4.49. The first kappa shape index (κ1) is 20.2. The third-order valence-corrected chi connectivity index (χ3v) is 9.73. The minimum absolute atomic E-state index is 0.0475. The number of carbonyl (C=O) groups is 2. The molecule has 4 aliphatic rings. The van der Waals surface area contributed by atoms with Gasteiger partial charge in [0.1, 0.15) is 12.2 Å². The lowest BCUT2D eigenvalue weighted by atomic mass is 9.37. The van der Waals surface area contributed by atoms with Gasteiger partial charge in [-0.3, -0.25) is 9.59 Å². The number of carbonyl (C=O) groups excluding carboxylic acids is 2. The number of ether oxygens (including phenoxy) is 2. The zero-order chi connectivity index (χ0) is 20.5. The second-order valence-corrected chi connectivity index (χ2v) is 11.6. The van der Waals surface area contributed by atoms with Crippen molar-refractivity contribution >= 4 is 11.9 Å². The minimum atomic E-state index is -0.187. The Labute approximate surface area is 170 Å². The first-order chi connectivity index (χ1) is 12.9. The summed E-state index contributed by atoms with van der Waals surface area (Å²) < 4.78 is 11.9. The van der Waals surface area contributed by atoms with Gasteiger partial charge >= 0.3 is 11.9 Å². The summed E-state index contributed by atoms with van der Waals surface area (Å²) in [5.41, 5.74) is 0.792. The van der Waals surface area contributed by atoms with Crippen molar-refractivity contribution in [2.45, 2.75) is 105 Å². The molecule has 0 amide bonds. The quantitative estimate of drug-likeness (QED) is 0.602. The fourth-order valence-electron chi connectivity index (χ4n) is 8.58. The molecule has 4 rings (SSSR count). The van der Waals surface area contributed by atoms with Gasteiger partial charge in [0.05, 0.1) is 0 Å². The smallest absolute Gasteiger partial charge is 0.302 e. The SMILES string of the molecule is CC(=O)O[C@H]1C[C@H]2C(C)(C)CCC[C@]2(C)[C@@]23CC[C@@](C)(C2)[C@H](OC(C)=O)C[C@H]13. The van der Waals surface area contributed by atoms with Crippen LogP contribution in [0.5, 0.6) is 0 Å². The maximum atomic E-state index is 12.0. The average Bonchev–Trinajstić information content (AvgIpc) is 2.87. The first-order valence-electron chi connectivity index (χ1n) is 11.3. The summed E-state index contributed by atoms with van der Waals surface area (Å²) in [6.45, 7) is 12.8. The van der Waals surface area contributed by atoms with E-state index in [9.17, 15) is 9.59 Å². The van der Waals surface area contributed by atoms with E-state index in [2.05, 4.69) is 27.7 Å². The molecule has 0 aromatic rings. The Hall–Kier alpha value is -1.06. The molecular formula is C24H38O4. The van der Waals surface area contributed by atoms with Gasteiger partial charge in [0.25, 0.3) is 0 Å². The largest absolute Gasteiger partial charge is 0.462 e. The highest BCUT2D eigenvalue weighted by Crippen LogP contribution is 2.76. The summed E-state index contributed by atoms with van der Waals surface area (Å²) in [6.07, 6.45) is 8.90. The van der Waals surface area contributed by atoms with Crippen LogP contribution in [0.15, 0.2) is 0 Å². The van der Waals surface area contributed by atoms with Crippen LogP contribution in [0.2, 0.25) is 0 Å². The zero-order valence-electron chi connectivity index (χ0n) is 18.6. The van der Waals surface area contributed by atoms with Crippen LogP contribution in [0.25, 0.3) is 0 Å². The van der Waals surface area contributed by atoms with E-state index in [1.807, 2.05) is 0 Å². The molecule has 7 atom stereocenters. The van der Waals surface area contributed by atoms with Crippen LogP contribution in [0.3, 0.4) is 0 Å². The van der Waals surface area contributed by atoms with Gasteiger partial charge in [-0.15, -0.1) is 0 Å². The van der Waals surface area contributed by atoms with E-state index in [0.29, 0.717) is 11.8 Å². The maximum absolute atomic E-state index is 12.0. The molecular weight excluding hydrogens is 352 g/mol. The molecule has 0 radical (unpaired) electrons.